The molecule has 2 saturated heterocycles. The molecule has 104 valence electrons. The summed E-state index contributed by atoms with van der Waals surface area (Å²) in [6, 6.07) is 5.80. The van der Waals surface area contributed by atoms with Crippen molar-refractivity contribution in [2.45, 2.75) is 31.7 Å². The number of hydrogen-bond acceptors (Lipinski definition) is 2. The fourth-order valence-corrected chi connectivity index (χ4v) is 3.41. The number of halogens is 2. The fourth-order valence-electron chi connectivity index (χ4n) is 3.29. The first-order chi connectivity index (χ1) is 9.24. The van der Waals surface area contributed by atoms with Crippen molar-refractivity contribution in [2.24, 2.45) is 0 Å². The Labute approximate surface area is 119 Å². The lowest BCUT2D eigenvalue weighted by atomic mass is 10.0. The summed E-state index contributed by atoms with van der Waals surface area (Å²) in [5.41, 5.74) is 0.967. The largest absolute Gasteiger partial charge is 0.370 e. The maximum Gasteiger partial charge on any atom is 0.143 e. The van der Waals surface area contributed by atoms with Crippen molar-refractivity contribution in [1.82, 2.24) is 4.90 Å². The predicted molar refractivity (Wildman–Crippen MR) is 77.5 cm³/mol. The van der Waals surface area contributed by atoms with Crippen LogP contribution in [-0.4, -0.2) is 37.1 Å². The fraction of sp³-hybridized carbons (Fsp3) is 0.600. The molecule has 2 nitrogen and oxygen atoms in total. The molecule has 0 N–H and O–H groups in total. The number of rotatable bonds is 1. The Morgan fingerprint density at radius 2 is 1.95 bits per heavy atom. The molecule has 1 unspecified atom stereocenters. The number of benzene rings is 1. The minimum Gasteiger partial charge on any atom is -0.370 e. The first-order valence-electron chi connectivity index (χ1n) is 7.18. The van der Waals surface area contributed by atoms with Crippen LogP contribution in [0.5, 0.6) is 0 Å². The number of piperidine rings is 1. The van der Waals surface area contributed by atoms with Crippen LogP contribution in [0.25, 0.3) is 0 Å². The molecule has 1 atom stereocenters. The molecule has 2 aliphatic heterocycles. The van der Waals surface area contributed by atoms with Crippen LogP contribution in [0.1, 0.15) is 25.7 Å². The highest BCUT2D eigenvalue weighted by atomic mass is 35.5. The summed E-state index contributed by atoms with van der Waals surface area (Å²) in [6.45, 7) is 4.43. The van der Waals surface area contributed by atoms with Gasteiger partial charge in [0.1, 0.15) is 5.82 Å². The Bertz CT molecular complexity index is 452. The maximum absolute atomic E-state index is 13.6. The van der Waals surface area contributed by atoms with Gasteiger partial charge in [-0.1, -0.05) is 18.0 Å². The molecule has 3 rings (SSSR count). The van der Waals surface area contributed by atoms with Crippen molar-refractivity contribution in [3.8, 4) is 0 Å². The lowest BCUT2D eigenvalue weighted by Gasteiger charge is -2.35. The van der Waals surface area contributed by atoms with Crippen molar-refractivity contribution in [3.63, 3.8) is 0 Å². The van der Waals surface area contributed by atoms with E-state index in [2.05, 4.69) is 9.80 Å². The van der Waals surface area contributed by atoms with Gasteiger partial charge in [0.25, 0.3) is 0 Å². The topological polar surface area (TPSA) is 6.48 Å². The van der Waals surface area contributed by atoms with Gasteiger partial charge in [0.15, 0.2) is 0 Å². The third-order valence-electron chi connectivity index (χ3n) is 4.32. The average molecular weight is 283 g/mol. The number of fused-ring (bicyclic) bond motifs is 1. The van der Waals surface area contributed by atoms with Crippen LogP contribution in [0.3, 0.4) is 0 Å². The van der Waals surface area contributed by atoms with Crippen LogP contribution in [0.15, 0.2) is 18.2 Å². The van der Waals surface area contributed by atoms with Gasteiger partial charge < -0.3 is 4.90 Å². The molecule has 4 heteroatoms. The van der Waals surface area contributed by atoms with Crippen LogP contribution in [0, 0.1) is 5.82 Å². The molecule has 1 aromatic carbocycles. The smallest absolute Gasteiger partial charge is 0.143 e. The molecule has 2 heterocycles. The van der Waals surface area contributed by atoms with E-state index in [1.54, 1.807) is 12.1 Å². The van der Waals surface area contributed by atoms with Crippen LogP contribution < -0.4 is 4.90 Å². The second-order valence-corrected chi connectivity index (χ2v) is 5.99. The van der Waals surface area contributed by atoms with Gasteiger partial charge in [0, 0.05) is 31.4 Å². The van der Waals surface area contributed by atoms with Crippen molar-refractivity contribution in [2.75, 3.05) is 31.1 Å². The molecular formula is C15H20ClFN2. The first kappa shape index (κ1) is 13.2. The predicted octanol–water partition coefficient (Wildman–Crippen LogP) is 3.54. The molecule has 0 bridgehead atoms. The van der Waals surface area contributed by atoms with E-state index in [9.17, 15) is 4.39 Å². The average Bonchev–Trinajstić information content (AvgIpc) is 2.64. The van der Waals surface area contributed by atoms with Crippen LogP contribution >= 0.6 is 11.6 Å². The van der Waals surface area contributed by atoms with Gasteiger partial charge in [0.2, 0.25) is 0 Å². The Hall–Kier alpha value is -0.800. The number of nitrogens with zero attached hydrogens (tertiary/aromatic N) is 2. The quantitative estimate of drug-likeness (QED) is 0.777. The lowest BCUT2D eigenvalue weighted by molar-refractivity contribution is 0.162. The number of anilines is 1. The summed E-state index contributed by atoms with van der Waals surface area (Å²) in [7, 11) is 0. The maximum atomic E-state index is 13.6. The first-order valence-corrected chi connectivity index (χ1v) is 7.56. The Morgan fingerprint density at radius 1 is 1.11 bits per heavy atom. The lowest BCUT2D eigenvalue weighted by Crippen LogP contribution is -2.44. The van der Waals surface area contributed by atoms with E-state index in [0.29, 0.717) is 6.04 Å². The minimum absolute atomic E-state index is 0.206. The Balaban J connectivity index is 1.78. The van der Waals surface area contributed by atoms with Crippen molar-refractivity contribution < 1.29 is 4.39 Å². The highest BCUT2D eigenvalue weighted by Crippen LogP contribution is 2.26. The van der Waals surface area contributed by atoms with E-state index in [4.69, 9.17) is 11.6 Å². The molecule has 0 amide bonds. The van der Waals surface area contributed by atoms with E-state index in [1.165, 1.54) is 32.4 Å². The Kier molecular flexibility index (Phi) is 3.94. The van der Waals surface area contributed by atoms with E-state index >= 15 is 0 Å². The minimum atomic E-state index is -0.316. The Morgan fingerprint density at radius 3 is 2.79 bits per heavy atom. The molecule has 1 aromatic rings. The van der Waals surface area contributed by atoms with E-state index in [1.807, 2.05) is 6.07 Å². The normalized spacial score (nSPS) is 24.9. The second kappa shape index (κ2) is 5.68. The second-order valence-electron chi connectivity index (χ2n) is 5.58. The summed E-state index contributed by atoms with van der Waals surface area (Å²) in [6.07, 6.45) is 5.07. The third-order valence-corrected chi connectivity index (χ3v) is 4.63. The van der Waals surface area contributed by atoms with Crippen LogP contribution in [-0.2, 0) is 0 Å². The van der Waals surface area contributed by atoms with Gasteiger partial charge in [-0.15, -0.1) is 0 Å². The molecule has 19 heavy (non-hydrogen) atoms. The summed E-state index contributed by atoms with van der Waals surface area (Å²) in [5.74, 6) is -0.316. The van der Waals surface area contributed by atoms with E-state index in [-0.39, 0.29) is 10.8 Å². The monoisotopic (exact) mass is 282 g/mol. The van der Waals surface area contributed by atoms with Gasteiger partial charge in [-0.2, -0.15) is 0 Å². The molecule has 2 aliphatic rings. The highest BCUT2D eigenvalue weighted by Gasteiger charge is 2.27. The summed E-state index contributed by atoms with van der Waals surface area (Å²) in [5, 5.41) is 0.206. The molecule has 0 aliphatic carbocycles. The van der Waals surface area contributed by atoms with Crippen molar-refractivity contribution in [1.29, 1.82) is 0 Å². The van der Waals surface area contributed by atoms with E-state index < -0.39 is 0 Å². The molecule has 0 aromatic heterocycles. The third kappa shape index (κ3) is 2.87. The van der Waals surface area contributed by atoms with Crippen LogP contribution in [0.2, 0.25) is 5.02 Å². The number of hydrogen-bond donors (Lipinski definition) is 0. The zero-order valence-corrected chi connectivity index (χ0v) is 11.9. The molecule has 0 spiro atoms. The van der Waals surface area contributed by atoms with Gasteiger partial charge in [-0.25, -0.2) is 4.39 Å². The SMILES string of the molecule is Fc1cc(N2CCCN3CCCCC3C2)ccc1Cl. The van der Waals surface area contributed by atoms with Gasteiger partial charge >= 0.3 is 0 Å². The van der Waals surface area contributed by atoms with E-state index in [0.717, 1.165) is 25.2 Å². The van der Waals surface area contributed by atoms with Gasteiger partial charge in [-0.3, -0.25) is 4.90 Å². The standard InChI is InChI=1S/C15H20ClFN2/c16-14-6-5-12(10-15(14)17)19-9-3-8-18-7-2-1-4-13(18)11-19/h5-6,10,13H,1-4,7-9,11H2. The molecule has 2 fully saturated rings. The zero-order valence-electron chi connectivity index (χ0n) is 11.1. The summed E-state index contributed by atoms with van der Waals surface area (Å²) < 4.78 is 13.6. The zero-order chi connectivity index (χ0) is 13.2. The molecular weight excluding hydrogens is 263 g/mol. The summed E-state index contributed by atoms with van der Waals surface area (Å²) in [4.78, 5) is 4.92. The van der Waals surface area contributed by atoms with Crippen molar-refractivity contribution >= 4 is 17.3 Å². The summed E-state index contributed by atoms with van der Waals surface area (Å²) >= 11 is 5.76. The van der Waals surface area contributed by atoms with Gasteiger partial charge in [-0.05, 0) is 44.0 Å². The van der Waals surface area contributed by atoms with Gasteiger partial charge in [0.05, 0.1) is 5.02 Å². The molecule has 0 radical (unpaired) electrons. The highest BCUT2D eigenvalue weighted by molar-refractivity contribution is 6.30. The van der Waals surface area contributed by atoms with Crippen molar-refractivity contribution in [3.05, 3.63) is 29.0 Å². The van der Waals surface area contributed by atoms with Crippen LogP contribution in [0.4, 0.5) is 10.1 Å². The molecule has 0 saturated carbocycles.